The Morgan fingerprint density at radius 1 is 0.423 bits per heavy atom. The van der Waals surface area contributed by atoms with Gasteiger partial charge in [0.1, 0.15) is 11.6 Å². The lowest BCUT2D eigenvalue weighted by molar-refractivity contribution is -0.117. The highest BCUT2D eigenvalue weighted by Crippen LogP contribution is 2.11. The topological polar surface area (TPSA) is 34.1 Å². The summed E-state index contributed by atoms with van der Waals surface area (Å²) in [6.07, 6.45) is 22.6. The van der Waals surface area contributed by atoms with Gasteiger partial charge in [-0.05, 0) is 26.7 Å². The van der Waals surface area contributed by atoms with E-state index < -0.39 is 0 Å². The van der Waals surface area contributed by atoms with Crippen molar-refractivity contribution < 1.29 is 9.59 Å². The molecule has 26 heavy (non-hydrogen) atoms. The molecule has 0 rings (SSSR count). The van der Waals surface area contributed by atoms with Gasteiger partial charge in [0, 0.05) is 12.8 Å². The molecule has 0 unspecified atom stereocenters. The molecule has 0 amide bonds. The van der Waals surface area contributed by atoms with Crippen molar-refractivity contribution in [3.05, 3.63) is 0 Å². The first-order chi connectivity index (χ1) is 12.5. The van der Waals surface area contributed by atoms with Crippen LogP contribution in [0.2, 0.25) is 0 Å². The fraction of sp³-hybridized carbons (Fsp3) is 0.917. The van der Waals surface area contributed by atoms with E-state index in [1.807, 2.05) is 0 Å². The Kier molecular flexibility index (Phi) is 25.8. The number of hydrogen-bond donors (Lipinski definition) is 0. The molecule has 0 aliphatic rings. The largest absolute Gasteiger partial charge is 0.300 e. The third-order valence-electron chi connectivity index (χ3n) is 4.76. The van der Waals surface area contributed by atoms with Crippen molar-refractivity contribution in [1.82, 2.24) is 0 Å². The zero-order valence-electron chi connectivity index (χ0n) is 18.5. The van der Waals surface area contributed by atoms with Gasteiger partial charge in [-0.2, -0.15) is 0 Å². The van der Waals surface area contributed by atoms with E-state index in [0.29, 0.717) is 11.6 Å². The zero-order chi connectivity index (χ0) is 19.9. The van der Waals surface area contributed by atoms with Crippen LogP contribution in [-0.4, -0.2) is 11.6 Å². The first-order valence-electron chi connectivity index (χ1n) is 11.5. The summed E-state index contributed by atoms with van der Waals surface area (Å²) in [5.41, 5.74) is 0. The normalized spacial score (nSPS) is 10.3. The summed E-state index contributed by atoms with van der Waals surface area (Å²) in [6, 6.07) is 0. The predicted octanol–water partition coefficient (Wildman–Crippen LogP) is 8.21. The summed E-state index contributed by atoms with van der Waals surface area (Å²) in [6.45, 7) is 7.84. The molecule has 0 radical (unpaired) electrons. The quantitative estimate of drug-likeness (QED) is 0.228. The molecule has 2 nitrogen and oxygen atoms in total. The summed E-state index contributed by atoms with van der Waals surface area (Å²) >= 11 is 0. The number of hydrogen-bond acceptors (Lipinski definition) is 2. The smallest absolute Gasteiger partial charge is 0.129 e. The highest BCUT2D eigenvalue weighted by Gasteiger charge is 1.95. The van der Waals surface area contributed by atoms with Crippen LogP contribution >= 0.6 is 0 Å². The van der Waals surface area contributed by atoms with E-state index in [1.165, 1.54) is 89.9 Å². The van der Waals surface area contributed by atoms with Crippen LogP contribution in [0.15, 0.2) is 0 Å². The molecule has 0 fully saturated rings. The maximum Gasteiger partial charge on any atom is 0.129 e. The number of Topliss-reactive ketones (excluding diaryl/α,β-unsaturated/α-hetero) is 2. The SMILES string of the molecule is CCCCCCCCC(C)=O.CCCCCCCCCCCCC(C)=O. The van der Waals surface area contributed by atoms with Gasteiger partial charge in [0.2, 0.25) is 0 Å². The Hall–Kier alpha value is -0.660. The van der Waals surface area contributed by atoms with Gasteiger partial charge in [0.25, 0.3) is 0 Å². The van der Waals surface area contributed by atoms with Crippen molar-refractivity contribution in [2.24, 2.45) is 0 Å². The van der Waals surface area contributed by atoms with Crippen molar-refractivity contribution in [1.29, 1.82) is 0 Å². The molecule has 0 aromatic heterocycles. The molecule has 0 aliphatic carbocycles. The molecule has 0 heterocycles. The standard InChI is InChI=1S/C14H28O.C10H20O/c1-3-4-5-6-7-8-9-10-11-12-13-14(2)15;1-3-4-5-6-7-8-9-10(2)11/h3-13H2,1-2H3;3-9H2,1-2H3. The summed E-state index contributed by atoms with van der Waals surface area (Å²) < 4.78 is 0. The summed E-state index contributed by atoms with van der Waals surface area (Å²) in [4.78, 5) is 21.2. The van der Waals surface area contributed by atoms with Gasteiger partial charge in [-0.1, -0.05) is 104 Å². The molecule has 0 aromatic carbocycles. The third-order valence-corrected chi connectivity index (χ3v) is 4.76. The minimum Gasteiger partial charge on any atom is -0.300 e. The molecular weight excluding hydrogens is 320 g/mol. The van der Waals surface area contributed by atoms with Crippen molar-refractivity contribution in [3.63, 3.8) is 0 Å². The van der Waals surface area contributed by atoms with E-state index in [-0.39, 0.29) is 0 Å². The first kappa shape index (κ1) is 27.6. The van der Waals surface area contributed by atoms with Crippen LogP contribution in [0.1, 0.15) is 143 Å². The van der Waals surface area contributed by atoms with E-state index in [2.05, 4.69) is 13.8 Å². The van der Waals surface area contributed by atoms with Gasteiger partial charge in [0.15, 0.2) is 0 Å². The Balaban J connectivity index is 0. The number of rotatable bonds is 18. The Morgan fingerprint density at radius 2 is 0.654 bits per heavy atom. The van der Waals surface area contributed by atoms with E-state index in [0.717, 1.165) is 25.7 Å². The van der Waals surface area contributed by atoms with E-state index in [4.69, 9.17) is 0 Å². The minimum atomic E-state index is 0.334. The van der Waals surface area contributed by atoms with Gasteiger partial charge >= 0.3 is 0 Å². The van der Waals surface area contributed by atoms with Gasteiger partial charge in [-0.25, -0.2) is 0 Å². The molecule has 0 spiro atoms. The van der Waals surface area contributed by atoms with Crippen molar-refractivity contribution in [3.8, 4) is 0 Å². The second kappa shape index (κ2) is 24.3. The molecule has 0 saturated carbocycles. The monoisotopic (exact) mass is 368 g/mol. The third kappa shape index (κ3) is 31.1. The maximum absolute atomic E-state index is 10.7. The Morgan fingerprint density at radius 3 is 0.885 bits per heavy atom. The van der Waals surface area contributed by atoms with Gasteiger partial charge in [-0.3, -0.25) is 0 Å². The second-order valence-corrected chi connectivity index (χ2v) is 7.85. The number of carbonyl (C=O) groups excluding carboxylic acids is 2. The molecular formula is C24H48O2. The van der Waals surface area contributed by atoms with E-state index in [9.17, 15) is 9.59 Å². The number of unbranched alkanes of at least 4 members (excludes halogenated alkanes) is 14. The highest BCUT2D eigenvalue weighted by atomic mass is 16.1. The minimum absolute atomic E-state index is 0.334. The van der Waals surface area contributed by atoms with Crippen molar-refractivity contribution >= 4 is 11.6 Å². The lowest BCUT2D eigenvalue weighted by Crippen LogP contribution is -1.89. The fourth-order valence-corrected chi connectivity index (χ4v) is 3.02. The van der Waals surface area contributed by atoms with Crippen LogP contribution in [0.5, 0.6) is 0 Å². The van der Waals surface area contributed by atoms with Crippen LogP contribution in [0.3, 0.4) is 0 Å². The van der Waals surface area contributed by atoms with Crippen LogP contribution in [0, 0.1) is 0 Å². The molecule has 156 valence electrons. The summed E-state index contributed by atoms with van der Waals surface area (Å²) in [5, 5.41) is 0. The maximum atomic E-state index is 10.7. The Bertz CT molecular complexity index is 297. The number of ketones is 2. The lowest BCUT2D eigenvalue weighted by atomic mass is 10.1. The predicted molar refractivity (Wildman–Crippen MR) is 116 cm³/mol. The average molecular weight is 369 g/mol. The van der Waals surface area contributed by atoms with Crippen LogP contribution < -0.4 is 0 Å². The van der Waals surface area contributed by atoms with Crippen molar-refractivity contribution in [2.45, 2.75) is 143 Å². The molecule has 0 bridgehead atoms. The van der Waals surface area contributed by atoms with Gasteiger partial charge in [-0.15, -0.1) is 0 Å². The highest BCUT2D eigenvalue weighted by molar-refractivity contribution is 5.75. The van der Waals surface area contributed by atoms with Crippen LogP contribution in [0.4, 0.5) is 0 Å². The van der Waals surface area contributed by atoms with Gasteiger partial charge in [0.05, 0.1) is 0 Å². The zero-order valence-corrected chi connectivity index (χ0v) is 18.5. The molecule has 0 N–H and O–H groups in total. The van der Waals surface area contributed by atoms with Crippen LogP contribution in [0.25, 0.3) is 0 Å². The molecule has 2 heteroatoms. The van der Waals surface area contributed by atoms with E-state index in [1.54, 1.807) is 13.8 Å². The first-order valence-corrected chi connectivity index (χ1v) is 11.5. The molecule has 0 atom stereocenters. The lowest BCUT2D eigenvalue weighted by Gasteiger charge is -2.01. The second-order valence-electron chi connectivity index (χ2n) is 7.85. The van der Waals surface area contributed by atoms with E-state index >= 15 is 0 Å². The fourth-order valence-electron chi connectivity index (χ4n) is 3.02. The molecule has 0 saturated heterocycles. The molecule has 0 aliphatic heterocycles. The summed E-state index contributed by atoms with van der Waals surface area (Å²) in [5.74, 6) is 0.676. The Labute approximate surface area is 164 Å². The molecule has 0 aromatic rings. The summed E-state index contributed by atoms with van der Waals surface area (Å²) in [7, 11) is 0. The van der Waals surface area contributed by atoms with Crippen molar-refractivity contribution in [2.75, 3.05) is 0 Å². The van der Waals surface area contributed by atoms with Gasteiger partial charge < -0.3 is 9.59 Å². The number of carbonyl (C=O) groups is 2. The van der Waals surface area contributed by atoms with Crippen LogP contribution in [-0.2, 0) is 9.59 Å². The average Bonchev–Trinajstić information content (AvgIpc) is 2.60.